The molecule has 100 valence electrons. The van der Waals surface area contributed by atoms with Crippen molar-refractivity contribution in [3.8, 4) is 5.75 Å². The Morgan fingerprint density at radius 3 is 2.84 bits per heavy atom. The van der Waals surface area contributed by atoms with Crippen molar-refractivity contribution < 1.29 is 14.6 Å². The molecule has 2 rings (SSSR count). The molecule has 0 saturated heterocycles. The van der Waals surface area contributed by atoms with Gasteiger partial charge in [-0.05, 0) is 26.0 Å². The maximum atomic E-state index is 11.0. The lowest BCUT2D eigenvalue weighted by atomic mass is 10.2. The molecule has 1 aromatic heterocycles. The van der Waals surface area contributed by atoms with Crippen LogP contribution in [0, 0.1) is 0 Å². The largest absolute Gasteiger partial charge is 0.485 e. The Kier molecular flexibility index (Phi) is 3.79. The summed E-state index contributed by atoms with van der Waals surface area (Å²) in [5.74, 6) is -0.0237. The molecule has 6 heteroatoms. The number of carboxylic acid groups (broad SMARTS) is 1. The maximum absolute atomic E-state index is 11.0. The van der Waals surface area contributed by atoms with Crippen LogP contribution in [0.4, 0.5) is 0 Å². The molecule has 1 heterocycles. The van der Waals surface area contributed by atoms with Gasteiger partial charge in [0.05, 0.1) is 0 Å². The summed E-state index contributed by atoms with van der Waals surface area (Å²) in [5.41, 5.74) is 0.137. The van der Waals surface area contributed by atoms with Crippen molar-refractivity contribution in [2.24, 2.45) is 0 Å². The second-order valence-electron chi connectivity index (χ2n) is 4.30. The molecule has 0 fully saturated rings. The lowest BCUT2D eigenvalue weighted by molar-refractivity contribution is 0.0691. The van der Waals surface area contributed by atoms with Gasteiger partial charge in [0.1, 0.15) is 24.2 Å². The van der Waals surface area contributed by atoms with E-state index in [0.717, 1.165) is 0 Å². The number of aromatic nitrogens is 3. The fourth-order valence-corrected chi connectivity index (χ4v) is 1.72. The minimum absolute atomic E-state index is 0.137. The molecular formula is C13H15N3O3. The zero-order valence-corrected chi connectivity index (χ0v) is 10.8. The average Bonchev–Trinajstić information content (AvgIpc) is 2.85. The zero-order chi connectivity index (χ0) is 13.8. The number of aromatic carboxylic acids is 1. The number of carbonyl (C=O) groups is 1. The van der Waals surface area contributed by atoms with Crippen molar-refractivity contribution in [2.45, 2.75) is 26.5 Å². The number of nitrogens with zero attached hydrogens (tertiary/aromatic N) is 3. The number of carboxylic acids is 1. The molecule has 0 aliphatic rings. The van der Waals surface area contributed by atoms with E-state index in [9.17, 15) is 4.79 Å². The van der Waals surface area contributed by atoms with Crippen molar-refractivity contribution in [1.82, 2.24) is 14.8 Å². The van der Waals surface area contributed by atoms with Crippen LogP contribution in [0.3, 0.4) is 0 Å². The molecule has 0 aliphatic carbocycles. The third-order valence-corrected chi connectivity index (χ3v) is 2.61. The van der Waals surface area contributed by atoms with Gasteiger partial charge in [-0.2, -0.15) is 5.10 Å². The molecule has 0 aliphatic heterocycles. The normalized spacial score (nSPS) is 10.7. The fourth-order valence-electron chi connectivity index (χ4n) is 1.72. The van der Waals surface area contributed by atoms with Gasteiger partial charge in [0.2, 0.25) is 0 Å². The van der Waals surface area contributed by atoms with E-state index >= 15 is 0 Å². The molecule has 6 nitrogen and oxygen atoms in total. The first-order valence-corrected chi connectivity index (χ1v) is 5.93. The van der Waals surface area contributed by atoms with Crippen LogP contribution in [0.15, 0.2) is 30.6 Å². The Labute approximate surface area is 110 Å². The van der Waals surface area contributed by atoms with Crippen LogP contribution in [0.5, 0.6) is 5.75 Å². The Hall–Kier alpha value is -2.37. The molecule has 0 amide bonds. The van der Waals surface area contributed by atoms with Gasteiger partial charge in [-0.3, -0.25) is 0 Å². The molecule has 0 atom stereocenters. The molecular weight excluding hydrogens is 246 g/mol. The van der Waals surface area contributed by atoms with Crippen LogP contribution < -0.4 is 4.74 Å². The van der Waals surface area contributed by atoms with Gasteiger partial charge in [0.15, 0.2) is 5.82 Å². The number of benzene rings is 1. The zero-order valence-electron chi connectivity index (χ0n) is 10.8. The second kappa shape index (κ2) is 5.51. The number of hydrogen-bond acceptors (Lipinski definition) is 4. The number of hydrogen-bond donors (Lipinski definition) is 1. The summed E-state index contributed by atoms with van der Waals surface area (Å²) >= 11 is 0. The molecule has 0 unspecified atom stereocenters. The first kappa shape index (κ1) is 13.1. The SMILES string of the molecule is CC(C)n1ncnc1COc1ccccc1C(=O)O. The smallest absolute Gasteiger partial charge is 0.339 e. The number of rotatable bonds is 5. The highest BCUT2D eigenvalue weighted by Gasteiger charge is 2.12. The lowest BCUT2D eigenvalue weighted by Crippen LogP contribution is -2.11. The summed E-state index contributed by atoms with van der Waals surface area (Å²) in [6, 6.07) is 6.70. The average molecular weight is 261 g/mol. The lowest BCUT2D eigenvalue weighted by Gasteiger charge is -2.11. The molecule has 1 aromatic carbocycles. The molecule has 1 N–H and O–H groups in total. The summed E-state index contributed by atoms with van der Waals surface area (Å²) in [4.78, 5) is 15.2. The van der Waals surface area contributed by atoms with Crippen LogP contribution in [0.1, 0.15) is 36.1 Å². The minimum Gasteiger partial charge on any atom is -0.485 e. The summed E-state index contributed by atoms with van der Waals surface area (Å²) < 4.78 is 7.27. The van der Waals surface area contributed by atoms with E-state index in [-0.39, 0.29) is 18.2 Å². The van der Waals surface area contributed by atoms with E-state index < -0.39 is 5.97 Å². The van der Waals surface area contributed by atoms with Crippen LogP contribution in [0.25, 0.3) is 0 Å². The van der Waals surface area contributed by atoms with Crippen molar-refractivity contribution in [2.75, 3.05) is 0 Å². The second-order valence-corrected chi connectivity index (χ2v) is 4.30. The molecule has 0 saturated carbocycles. The summed E-state index contributed by atoms with van der Waals surface area (Å²) in [6.45, 7) is 4.16. The van der Waals surface area contributed by atoms with E-state index in [1.165, 1.54) is 12.4 Å². The van der Waals surface area contributed by atoms with Crippen LogP contribution in [-0.4, -0.2) is 25.8 Å². The van der Waals surface area contributed by atoms with Crippen molar-refractivity contribution >= 4 is 5.97 Å². The van der Waals surface area contributed by atoms with Crippen molar-refractivity contribution in [3.05, 3.63) is 42.0 Å². The monoisotopic (exact) mass is 261 g/mol. The van der Waals surface area contributed by atoms with E-state index in [0.29, 0.717) is 11.6 Å². The summed E-state index contributed by atoms with van der Waals surface area (Å²) in [7, 11) is 0. The third-order valence-electron chi connectivity index (χ3n) is 2.61. The number of para-hydroxylation sites is 1. The van der Waals surface area contributed by atoms with E-state index in [2.05, 4.69) is 10.1 Å². The number of ether oxygens (including phenoxy) is 1. The molecule has 2 aromatic rings. The Morgan fingerprint density at radius 2 is 2.16 bits per heavy atom. The Bertz CT molecular complexity index is 578. The maximum Gasteiger partial charge on any atom is 0.339 e. The first-order chi connectivity index (χ1) is 9.09. The third kappa shape index (κ3) is 2.90. The highest BCUT2D eigenvalue weighted by molar-refractivity contribution is 5.90. The topological polar surface area (TPSA) is 77.2 Å². The van der Waals surface area contributed by atoms with Crippen molar-refractivity contribution in [1.29, 1.82) is 0 Å². The van der Waals surface area contributed by atoms with Crippen LogP contribution in [0.2, 0.25) is 0 Å². The first-order valence-electron chi connectivity index (χ1n) is 5.93. The van der Waals surface area contributed by atoms with Gasteiger partial charge in [-0.25, -0.2) is 14.5 Å². The molecule has 0 bridgehead atoms. The Morgan fingerprint density at radius 1 is 1.42 bits per heavy atom. The molecule has 0 spiro atoms. The van der Waals surface area contributed by atoms with Gasteiger partial charge < -0.3 is 9.84 Å². The quantitative estimate of drug-likeness (QED) is 0.892. The highest BCUT2D eigenvalue weighted by Crippen LogP contribution is 2.19. The van der Waals surface area contributed by atoms with Gasteiger partial charge >= 0.3 is 5.97 Å². The van der Waals surface area contributed by atoms with Gasteiger partial charge in [-0.15, -0.1) is 0 Å². The minimum atomic E-state index is -1.01. The van der Waals surface area contributed by atoms with E-state index in [4.69, 9.17) is 9.84 Å². The van der Waals surface area contributed by atoms with Crippen molar-refractivity contribution in [3.63, 3.8) is 0 Å². The summed E-state index contributed by atoms with van der Waals surface area (Å²) in [6.07, 6.45) is 1.46. The van der Waals surface area contributed by atoms with Gasteiger partial charge in [-0.1, -0.05) is 12.1 Å². The van der Waals surface area contributed by atoms with Crippen LogP contribution in [-0.2, 0) is 6.61 Å². The predicted molar refractivity (Wildman–Crippen MR) is 68.1 cm³/mol. The van der Waals surface area contributed by atoms with Gasteiger partial charge in [0.25, 0.3) is 0 Å². The summed E-state index contributed by atoms with van der Waals surface area (Å²) in [5, 5.41) is 13.1. The molecule has 19 heavy (non-hydrogen) atoms. The van der Waals surface area contributed by atoms with Crippen LogP contribution >= 0.6 is 0 Å². The van der Waals surface area contributed by atoms with E-state index in [1.54, 1.807) is 22.9 Å². The molecule has 0 radical (unpaired) electrons. The standard InChI is InChI=1S/C13H15N3O3/c1-9(2)16-12(14-8-15-16)7-19-11-6-4-3-5-10(11)13(17)18/h3-6,8-9H,7H2,1-2H3,(H,17,18). The Balaban J connectivity index is 2.15. The predicted octanol–water partition coefficient (Wildman–Crippen LogP) is 2.14. The highest BCUT2D eigenvalue weighted by atomic mass is 16.5. The van der Waals surface area contributed by atoms with Gasteiger partial charge in [0, 0.05) is 6.04 Å². The fraction of sp³-hybridized carbons (Fsp3) is 0.308. The van der Waals surface area contributed by atoms with E-state index in [1.807, 2.05) is 13.8 Å².